The zero-order valence-corrected chi connectivity index (χ0v) is 33.5. The summed E-state index contributed by atoms with van der Waals surface area (Å²) in [5, 5.41) is 0.291. The van der Waals surface area contributed by atoms with Crippen LogP contribution >= 0.6 is 27.5 Å². The van der Waals surface area contributed by atoms with Gasteiger partial charge in [0.1, 0.15) is 5.82 Å². The molecule has 0 N–H and O–H groups in total. The molecule has 0 amide bonds. The van der Waals surface area contributed by atoms with Gasteiger partial charge < -0.3 is 4.90 Å². The minimum Gasteiger partial charge on any atom is -0.309 e. The minimum atomic E-state index is -0.957. The zero-order chi connectivity index (χ0) is 44.8. The Bertz CT molecular complexity index is 2440. The number of hydrogen-bond donors (Lipinski definition) is 0. The third-order valence-corrected chi connectivity index (χ3v) is 8.94. The summed E-state index contributed by atoms with van der Waals surface area (Å²) in [6.07, 6.45) is 0. The first-order valence-corrected chi connectivity index (χ1v) is 18.0. The van der Waals surface area contributed by atoms with E-state index < -0.39 is 39.6 Å². The highest BCUT2D eigenvalue weighted by Crippen LogP contribution is 2.50. The molecule has 4 heteroatoms. The van der Waals surface area contributed by atoms with Crippen molar-refractivity contribution in [2.75, 3.05) is 4.90 Å². The molecule has 0 aromatic heterocycles. The lowest BCUT2D eigenvalue weighted by Gasteiger charge is -2.34. The topological polar surface area (TPSA) is 3.24 Å². The van der Waals surface area contributed by atoms with Crippen LogP contribution in [0.5, 0.6) is 0 Å². The molecule has 0 aliphatic carbocycles. The molecule has 0 radical (unpaired) electrons. The van der Waals surface area contributed by atoms with E-state index in [0.717, 1.165) is 0 Å². The highest BCUT2D eigenvalue weighted by Gasteiger charge is 2.29. The molecule has 262 valence electrons. The van der Waals surface area contributed by atoms with Crippen molar-refractivity contribution < 1.29 is 16.7 Å². The smallest absolute Gasteiger partial charge is 0.126 e. The fourth-order valence-corrected chi connectivity index (χ4v) is 5.97. The first-order valence-electron chi connectivity index (χ1n) is 21.3. The molecule has 0 spiro atoms. The van der Waals surface area contributed by atoms with Gasteiger partial charge in [0.05, 0.1) is 23.7 Å². The highest BCUT2D eigenvalue weighted by molar-refractivity contribution is 9.10. The molecular formula is C46H52BrClFN. The van der Waals surface area contributed by atoms with Crippen LogP contribution in [0.1, 0.15) is 118 Å². The molecule has 5 aromatic rings. The molecule has 0 unspecified atom stereocenters. The maximum Gasteiger partial charge on any atom is 0.126 e. The van der Waals surface area contributed by atoms with Crippen LogP contribution in [0.2, 0.25) is 5.02 Å². The van der Waals surface area contributed by atoms with E-state index in [-0.39, 0.29) is 87.1 Å². The Balaban J connectivity index is 2.32. The second-order valence-electron chi connectivity index (χ2n) is 16.9. The minimum absolute atomic E-state index is 0.0216. The van der Waals surface area contributed by atoms with Crippen LogP contribution in [-0.2, 0) is 21.7 Å². The molecule has 0 fully saturated rings. The third-order valence-electron chi connectivity index (χ3n) is 8.24. The van der Waals surface area contributed by atoms with Crippen LogP contribution in [0.25, 0.3) is 22.3 Å². The van der Waals surface area contributed by atoms with Crippen molar-refractivity contribution in [2.24, 2.45) is 0 Å². The van der Waals surface area contributed by atoms with Gasteiger partial charge in [-0.05, 0) is 104 Å². The second kappa shape index (κ2) is 13.6. The van der Waals surface area contributed by atoms with Crippen molar-refractivity contribution in [3.05, 3.63) is 134 Å². The van der Waals surface area contributed by atoms with Gasteiger partial charge in [-0.15, -0.1) is 0 Å². The Labute approximate surface area is 326 Å². The number of nitrogens with zero attached hydrogens (tertiary/aromatic N) is 1. The number of benzene rings is 5. The molecule has 1 nitrogen and oxygen atoms in total. The van der Waals surface area contributed by atoms with Gasteiger partial charge in [0.2, 0.25) is 0 Å². The van der Waals surface area contributed by atoms with Gasteiger partial charge in [-0.25, -0.2) is 4.39 Å². The van der Waals surface area contributed by atoms with Crippen LogP contribution in [0.4, 0.5) is 21.5 Å². The standard InChI is InChI=1S/C46H52BrClFN/c1-43(2,3)31-18-16-29(17-19-31)40-23-34(46(10,11)12)24-41(30-20-32(44(4,5)6)22-33(21-30)45(7,8)9)42(40)50(38-15-13-14-36(48)27-38)39-26-35(47)25-37(49)28-39/h13-28H,1-12H3/i16D,17D,18D,19D,20D,21D,22D,23D,24D. The SMILES string of the molecule is [2H]c1c([2H])c(C(C)(C)C)c([2H])c([2H])c1-c1c([2H])c(C(C)(C)C)c([2H])c(-c2c([2H])c(C(C)(C)C)c([2H])c(C(C)(C)C)c2[2H])c1N(c1cccc(Cl)c1)c1cc(F)cc(Br)c1. The lowest BCUT2D eigenvalue weighted by Crippen LogP contribution is -2.18. The third kappa shape index (κ3) is 8.38. The maximum absolute atomic E-state index is 15.7. The van der Waals surface area contributed by atoms with Crippen molar-refractivity contribution in [1.29, 1.82) is 0 Å². The average Bonchev–Trinajstić information content (AvgIpc) is 3.03. The largest absolute Gasteiger partial charge is 0.309 e. The number of anilines is 3. The molecule has 50 heavy (non-hydrogen) atoms. The van der Waals surface area contributed by atoms with E-state index in [4.69, 9.17) is 11.6 Å². The van der Waals surface area contributed by atoms with Crippen molar-refractivity contribution in [3.8, 4) is 22.3 Å². The molecule has 5 rings (SSSR count). The van der Waals surface area contributed by atoms with Gasteiger partial charge in [-0.1, -0.05) is 159 Å². The molecule has 0 bridgehead atoms. The zero-order valence-electron chi connectivity index (χ0n) is 40.1. The number of hydrogen-bond acceptors (Lipinski definition) is 1. The summed E-state index contributed by atoms with van der Waals surface area (Å²) in [6, 6.07) is 8.47. The summed E-state index contributed by atoms with van der Waals surface area (Å²) in [5.41, 5.74) is -2.29. The first kappa shape index (κ1) is 27.3. The van der Waals surface area contributed by atoms with E-state index in [9.17, 15) is 12.3 Å². The van der Waals surface area contributed by atoms with Gasteiger partial charge in [0.25, 0.3) is 0 Å². The van der Waals surface area contributed by atoms with Gasteiger partial charge in [0.15, 0.2) is 0 Å². The second-order valence-corrected chi connectivity index (χ2v) is 18.3. The Kier molecular flexibility index (Phi) is 7.43. The molecule has 0 aliphatic rings. The number of halogens is 3. The van der Waals surface area contributed by atoms with Crippen LogP contribution in [0.3, 0.4) is 0 Å². The number of rotatable bonds is 5. The van der Waals surface area contributed by atoms with E-state index in [1.807, 2.05) is 62.3 Å². The molecule has 0 saturated heterocycles. The monoisotopic (exact) mass is 760 g/mol. The molecular weight excluding hydrogens is 701 g/mol. The quantitative estimate of drug-likeness (QED) is 0.172. The van der Waals surface area contributed by atoms with Gasteiger partial charge in [-0.3, -0.25) is 0 Å². The normalized spacial score (nSPS) is 15.2. The Morgan fingerprint density at radius 2 is 1.08 bits per heavy atom. The molecule has 0 saturated carbocycles. The summed E-state index contributed by atoms with van der Waals surface area (Å²) >= 11 is 10.1. The fraction of sp³-hybridized carbons (Fsp3) is 0.348. The average molecular weight is 762 g/mol. The van der Waals surface area contributed by atoms with Gasteiger partial charge >= 0.3 is 0 Å². The van der Waals surface area contributed by atoms with E-state index in [1.54, 1.807) is 56.0 Å². The summed E-state index contributed by atoms with van der Waals surface area (Å²) < 4.78 is 104. The maximum atomic E-state index is 15.7. The molecule has 0 heterocycles. The van der Waals surface area contributed by atoms with Crippen LogP contribution in [0, 0.1) is 5.82 Å². The Morgan fingerprint density at radius 1 is 0.580 bits per heavy atom. The van der Waals surface area contributed by atoms with Crippen molar-refractivity contribution in [3.63, 3.8) is 0 Å². The van der Waals surface area contributed by atoms with Crippen molar-refractivity contribution in [2.45, 2.75) is 105 Å². The van der Waals surface area contributed by atoms with E-state index in [1.165, 1.54) is 12.1 Å². The van der Waals surface area contributed by atoms with E-state index in [2.05, 4.69) is 15.9 Å². The van der Waals surface area contributed by atoms with Crippen LogP contribution < -0.4 is 4.90 Å². The molecule has 5 aromatic carbocycles. The lowest BCUT2D eigenvalue weighted by atomic mass is 9.77. The van der Waals surface area contributed by atoms with Crippen LogP contribution in [-0.4, -0.2) is 0 Å². The van der Waals surface area contributed by atoms with Crippen molar-refractivity contribution >= 4 is 44.6 Å². The summed E-state index contributed by atoms with van der Waals surface area (Å²) in [6.45, 7) is 22.1. The summed E-state index contributed by atoms with van der Waals surface area (Å²) in [5.74, 6) is -0.641. The highest BCUT2D eigenvalue weighted by atomic mass is 79.9. The molecule has 0 aliphatic heterocycles. The first-order chi connectivity index (χ1) is 26.8. The summed E-state index contributed by atoms with van der Waals surface area (Å²) in [4.78, 5) is 1.55. The lowest BCUT2D eigenvalue weighted by molar-refractivity contribution is 0.569. The fourth-order valence-electron chi connectivity index (χ4n) is 5.33. The van der Waals surface area contributed by atoms with Crippen LogP contribution in [0.15, 0.2) is 101 Å². The molecule has 0 atom stereocenters. The van der Waals surface area contributed by atoms with Crippen molar-refractivity contribution in [1.82, 2.24) is 0 Å². The van der Waals surface area contributed by atoms with Gasteiger partial charge in [-0.2, -0.15) is 0 Å². The van der Waals surface area contributed by atoms with E-state index >= 15 is 4.39 Å². The Morgan fingerprint density at radius 3 is 1.56 bits per heavy atom. The predicted molar refractivity (Wildman–Crippen MR) is 219 cm³/mol. The van der Waals surface area contributed by atoms with Gasteiger partial charge in [0, 0.05) is 26.3 Å². The summed E-state index contributed by atoms with van der Waals surface area (Å²) in [7, 11) is 0. The Hall–Kier alpha value is -3.40. The van der Waals surface area contributed by atoms with E-state index in [0.29, 0.717) is 26.3 Å². The predicted octanol–water partition coefficient (Wildman–Crippen LogP) is 15.2.